The lowest BCUT2D eigenvalue weighted by Gasteiger charge is -2.13. The molecule has 1 heterocycles. The maximum Gasteiger partial charge on any atom is 0.419 e. The summed E-state index contributed by atoms with van der Waals surface area (Å²) in [6.45, 7) is 0.202. The summed E-state index contributed by atoms with van der Waals surface area (Å²) in [5.41, 5.74) is 0.369. The summed E-state index contributed by atoms with van der Waals surface area (Å²) in [6.07, 6.45) is -0.377. The number of nitrogens with zero attached hydrogens (tertiary/aromatic N) is 1. The maximum absolute atomic E-state index is 12.9. The van der Waals surface area contributed by atoms with Crippen LogP contribution >= 0.6 is 0 Å². The van der Waals surface area contributed by atoms with E-state index in [9.17, 15) is 22.8 Å². The molecule has 0 aliphatic carbocycles. The van der Waals surface area contributed by atoms with Crippen molar-refractivity contribution in [1.82, 2.24) is 15.6 Å². The predicted molar refractivity (Wildman–Crippen MR) is 99.6 cm³/mol. The van der Waals surface area contributed by atoms with Gasteiger partial charge in [0, 0.05) is 38.0 Å². The average Bonchev–Trinajstić information content (AvgIpc) is 2.69. The van der Waals surface area contributed by atoms with E-state index < -0.39 is 17.6 Å². The Morgan fingerprint density at radius 2 is 1.82 bits per heavy atom. The van der Waals surface area contributed by atoms with Gasteiger partial charge in [0.2, 0.25) is 5.91 Å². The first-order valence-corrected chi connectivity index (χ1v) is 8.35. The number of carbonyl (C=O) groups is 2. The van der Waals surface area contributed by atoms with Gasteiger partial charge in [-0.2, -0.15) is 13.2 Å². The number of alkyl halides is 3. The summed E-state index contributed by atoms with van der Waals surface area (Å²) < 4.78 is 38.6. The smallest absolute Gasteiger partial charge is 0.368 e. The van der Waals surface area contributed by atoms with E-state index in [-0.39, 0.29) is 24.8 Å². The van der Waals surface area contributed by atoms with Crippen molar-refractivity contribution >= 4 is 23.7 Å². The summed E-state index contributed by atoms with van der Waals surface area (Å²) in [4.78, 5) is 26.9. The van der Waals surface area contributed by atoms with Crippen LogP contribution in [0, 0.1) is 0 Å². The number of rotatable bonds is 7. The van der Waals surface area contributed by atoms with Crippen molar-refractivity contribution in [2.24, 2.45) is 0 Å². The van der Waals surface area contributed by atoms with Crippen molar-refractivity contribution in [2.45, 2.75) is 6.18 Å². The Kier molecular flexibility index (Phi) is 7.14. The Bertz CT molecular complexity index is 849. The van der Waals surface area contributed by atoms with E-state index in [1.807, 2.05) is 0 Å². The lowest BCUT2D eigenvalue weighted by Crippen LogP contribution is -2.27. The van der Waals surface area contributed by atoms with Gasteiger partial charge in [-0.05, 0) is 35.9 Å². The number of carbonyl (C=O) groups excluding carboxylic acids is 2. The van der Waals surface area contributed by atoms with Crippen LogP contribution in [0.4, 0.5) is 19.0 Å². The molecule has 0 radical (unpaired) electrons. The van der Waals surface area contributed by atoms with Crippen LogP contribution in [0.1, 0.15) is 21.5 Å². The number of aromatic nitrogens is 1. The first-order valence-electron chi connectivity index (χ1n) is 8.35. The molecule has 0 bridgehead atoms. The molecule has 1 aromatic carbocycles. The van der Waals surface area contributed by atoms with Crippen LogP contribution in [0.15, 0.2) is 48.7 Å². The molecule has 0 aliphatic heterocycles. The largest absolute Gasteiger partial charge is 0.419 e. The van der Waals surface area contributed by atoms with E-state index >= 15 is 0 Å². The first kappa shape index (κ1) is 20.9. The number of amides is 2. The van der Waals surface area contributed by atoms with Crippen LogP contribution in [-0.4, -0.2) is 36.9 Å². The van der Waals surface area contributed by atoms with Crippen molar-refractivity contribution in [3.63, 3.8) is 0 Å². The summed E-state index contributed by atoms with van der Waals surface area (Å²) in [5, 5.41) is 7.63. The van der Waals surface area contributed by atoms with Crippen molar-refractivity contribution in [1.29, 1.82) is 0 Å². The third-order valence-corrected chi connectivity index (χ3v) is 3.66. The molecule has 2 rings (SSSR count). The second-order valence-electron chi connectivity index (χ2n) is 5.65. The molecule has 2 aromatic rings. The van der Waals surface area contributed by atoms with Gasteiger partial charge in [-0.3, -0.25) is 9.59 Å². The first-order chi connectivity index (χ1) is 13.3. The van der Waals surface area contributed by atoms with E-state index in [1.165, 1.54) is 25.4 Å². The monoisotopic (exact) mass is 392 g/mol. The van der Waals surface area contributed by atoms with Crippen LogP contribution in [0.3, 0.4) is 0 Å². The molecule has 0 saturated carbocycles. The molecule has 28 heavy (non-hydrogen) atoms. The number of nitrogens with one attached hydrogen (secondary N) is 3. The van der Waals surface area contributed by atoms with Crippen LogP contribution in [0.5, 0.6) is 0 Å². The second kappa shape index (κ2) is 9.54. The van der Waals surface area contributed by atoms with Gasteiger partial charge >= 0.3 is 6.18 Å². The summed E-state index contributed by atoms with van der Waals surface area (Å²) in [7, 11) is 1.53. The fraction of sp³-hybridized carbons (Fsp3) is 0.211. The Labute approximate surface area is 159 Å². The van der Waals surface area contributed by atoms with Gasteiger partial charge in [-0.25, -0.2) is 4.98 Å². The fourth-order valence-corrected chi connectivity index (χ4v) is 2.26. The SMILES string of the molecule is CNC(=O)c1ccc(/C=C/C(=O)NCCNc2ncccc2C(F)(F)F)cc1. The van der Waals surface area contributed by atoms with Gasteiger partial charge in [0.15, 0.2) is 0 Å². The van der Waals surface area contributed by atoms with E-state index in [4.69, 9.17) is 0 Å². The van der Waals surface area contributed by atoms with Crippen molar-refractivity contribution in [3.8, 4) is 0 Å². The average molecular weight is 392 g/mol. The highest BCUT2D eigenvalue weighted by molar-refractivity contribution is 5.94. The third-order valence-electron chi connectivity index (χ3n) is 3.66. The predicted octanol–water partition coefficient (Wildman–Crippen LogP) is 2.70. The molecule has 148 valence electrons. The van der Waals surface area contributed by atoms with Gasteiger partial charge in [0.25, 0.3) is 5.91 Å². The molecule has 0 unspecified atom stereocenters. The minimum absolute atomic E-state index is 0.0838. The molecule has 0 spiro atoms. The van der Waals surface area contributed by atoms with Crippen molar-refractivity contribution in [2.75, 3.05) is 25.5 Å². The van der Waals surface area contributed by atoms with Gasteiger partial charge in [-0.1, -0.05) is 12.1 Å². The molecule has 1 aromatic heterocycles. The quantitative estimate of drug-likeness (QED) is 0.500. The Morgan fingerprint density at radius 1 is 1.11 bits per heavy atom. The molecule has 9 heteroatoms. The number of benzene rings is 1. The Hall–Kier alpha value is -3.36. The highest BCUT2D eigenvalue weighted by atomic mass is 19.4. The lowest BCUT2D eigenvalue weighted by molar-refractivity contribution is -0.137. The highest BCUT2D eigenvalue weighted by Gasteiger charge is 2.33. The molecule has 6 nitrogen and oxygen atoms in total. The summed E-state index contributed by atoms with van der Waals surface area (Å²) in [5.74, 6) is -0.882. The van der Waals surface area contributed by atoms with E-state index in [0.29, 0.717) is 5.56 Å². The summed E-state index contributed by atoms with van der Waals surface area (Å²) >= 11 is 0. The van der Waals surface area contributed by atoms with Gasteiger partial charge in [0.05, 0.1) is 5.56 Å². The Morgan fingerprint density at radius 3 is 2.46 bits per heavy atom. The molecule has 0 aliphatic rings. The molecule has 0 saturated heterocycles. The second-order valence-corrected chi connectivity index (χ2v) is 5.65. The van der Waals surface area contributed by atoms with Gasteiger partial charge < -0.3 is 16.0 Å². The zero-order chi connectivity index (χ0) is 20.6. The number of anilines is 1. The zero-order valence-corrected chi connectivity index (χ0v) is 15.0. The standard InChI is InChI=1S/C19H19F3N4O2/c1-23-18(28)14-7-4-13(5-8-14)6-9-16(27)24-11-12-26-17-15(19(20,21)22)3-2-10-25-17/h2-10H,11-12H2,1H3,(H,23,28)(H,24,27)(H,25,26)/b9-6+. The van der Waals surface area contributed by atoms with Crippen molar-refractivity contribution < 1.29 is 22.8 Å². The fourth-order valence-electron chi connectivity index (χ4n) is 2.26. The van der Waals surface area contributed by atoms with Crippen LogP contribution in [-0.2, 0) is 11.0 Å². The normalized spacial score (nSPS) is 11.3. The topological polar surface area (TPSA) is 83.1 Å². The van der Waals surface area contributed by atoms with Crippen LogP contribution < -0.4 is 16.0 Å². The number of pyridine rings is 1. The number of halogens is 3. The molecular formula is C19H19F3N4O2. The molecule has 3 N–H and O–H groups in total. The zero-order valence-electron chi connectivity index (χ0n) is 15.0. The maximum atomic E-state index is 12.9. The van der Waals surface area contributed by atoms with E-state index in [1.54, 1.807) is 30.3 Å². The minimum atomic E-state index is -4.50. The van der Waals surface area contributed by atoms with Crippen LogP contribution in [0.25, 0.3) is 6.08 Å². The third kappa shape index (κ3) is 6.11. The van der Waals surface area contributed by atoms with Crippen molar-refractivity contribution in [3.05, 3.63) is 65.4 Å². The molecule has 0 atom stereocenters. The molecular weight excluding hydrogens is 373 g/mol. The van der Waals surface area contributed by atoms with Gasteiger partial charge in [-0.15, -0.1) is 0 Å². The van der Waals surface area contributed by atoms with E-state index in [0.717, 1.165) is 11.6 Å². The summed E-state index contributed by atoms with van der Waals surface area (Å²) in [6, 6.07) is 8.79. The molecule has 2 amide bonds. The Balaban J connectivity index is 1.80. The highest BCUT2D eigenvalue weighted by Crippen LogP contribution is 2.33. The number of hydrogen-bond acceptors (Lipinski definition) is 4. The van der Waals surface area contributed by atoms with Crippen LogP contribution in [0.2, 0.25) is 0 Å². The minimum Gasteiger partial charge on any atom is -0.368 e. The number of hydrogen-bond donors (Lipinski definition) is 3. The van der Waals surface area contributed by atoms with Gasteiger partial charge in [0.1, 0.15) is 5.82 Å². The lowest BCUT2D eigenvalue weighted by atomic mass is 10.1. The van der Waals surface area contributed by atoms with E-state index in [2.05, 4.69) is 20.9 Å². The molecule has 0 fully saturated rings.